The summed E-state index contributed by atoms with van der Waals surface area (Å²) in [6.07, 6.45) is -1.28. The number of para-hydroxylation sites is 1. The van der Waals surface area contributed by atoms with Crippen LogP contribution >= 0.6 is 0 Å². The van der Waals surface area contributed by atoms with E-state index in [0.29, 0.717) is 17.8 Å². The number of nitrogens with zero attached hydrogens (tertiary/aromatic N) is 1. The number of carboxylic acid groups (broad SMARTS) is 1. The maximum atomic E-state index is 12.2. The van der Waals surface area contributed by atoms with Crippen molar-refractivity contribution in [1.29, 1.82) is 0 Å². The summed E-state index contributed by atoms with van der Waals surface area (Å²) in [5.74, 6) is -2.20. The predicted octanol–water partition coefficient (Wildman–Crippen LogP) is 4.19. The molecular weight excluding hydrogens is 463 g/mol. The number of hydrogen-bond donors (Lipinski definition) is 3. The molecule has 0 spiro atoms. The van der Waals surface area contributed by atoms with E-state index in [-0.39, 0.29) is 12.5 Å². The first kappa shape index (κ1) is 26.5. The summed E-state index contributed by atoms with van der Waals surface area (Å²) in [5, 5.41) is 13.6. The Morgan fingerprint density at radius 3 is 2.29 bits per heavy atom. The minimum absolute atomic E-state index is 0.0105. The number of hydrogen-bond acceptors (Lipinski definition) is 4. The summed E-state index contributed by atoms with van der Waals surface area (Å²) in [6, 6.07) is 19.2. The van der Waals surface area contributed by atoms with Crippen molar-refractivity contribution in [1.82, 2.24) is 9.80 Å². The monoisotopic (exact) mass is 494 g/mol. The van der Waals surface area contributed by atoms with Gasteiger partial charge in [-0.05, 0) is 31.2 Å². The standard InChI is InChI=1S/C23H29N3O2.C2HF3O2/c1-18-6-5-15-26(18,21-13-14-24-16-21)20-11-9-19(10-12-20)25-23(27)17-28-22-7-3-2-4-8-22;3-2(4,5)1(6)7/h2-4,7-12,18,21,24H,5-6,13-17H2,1H3;(H,6,7)/p+1. The lowest BCUT2D eigenvalue weighted by atomic mass is 10.1. The van der Waals surface area contributed by atoms with Gasteiger partial charge in [-0.1, -0.05) is 18.2 Å². The first-order valence-electron chi connectivity index (χ1n) is 11.6. The van der Waals surface area contributed by atoms with E-state index in [1.165, 1.54) is 31.5 Å². The number of benzene rings is 2. The topological polar surface area (TPSA) is 87.7 Å². The number of nitrogens with one attached hydrogen (secondary N) is 2. The first-order valence-corrected chi connectivity index (χ1v) is 11.6. The molecule has 2 heterocycles. The molecule has 2 fully saturated rings. The zero-order valence-corrected chi connectivity index (χ0v) is 19.6. The molecule has 0 radical (unpaired) electrons. The summed E-state index contributed by atoms with van der Waals surface area (Å²) < 4.78 is 38.3. The highest BCUT2D eigenvalue weighted by Gasteiger charge is 2.47. The van der Waals surface area contributed by atoms with Crippen LogP contribution in [0.15, 0.2) is 54.6 Å². The maximum Gasteiger partial charge on any atom is 0.490 e. The van der Waals surface area contributed by atoms with Gasteiger partial charge in [0.05, 0.1) is 12.6 Å². The van der Waals surface area contributed by atoms with Crippen LogP contribution in [0, 0.1) is 0 Å². The molecule has 2 aliphatic heterocycles. The van der Waals surface area contributed by atoms with Crippen LogP contribution in [0.5, 0.6) is 5.75 Å². The third kappa shape index (κ3) is 6.73. The summed E-state index contributed by atoms with van der Waals surface area (Å²) >= 11 is 0. The van der Waals surface area contributed by atoms with Crippen LogP contribution in [0.1, 0.15) is 26.2 Å². The van der Waals surface area contributed by atoms with Crippen molar-refractivity contribution in [2.75, 3.05) is 31.6 Å². The van der Waals surface area contributed by atoms with E-state index in [4.69, 9.17) is 14.6 Å². The number of carbonyl (C=O) groups is 2. The molecule has 0 bridgehead atoms. The van der Waals surface area contributed by atoms with Crippen LogP contribution in [0.25, 0.3) is 0 Å². The minimum Gasteiger partial charge on any atom is -0.484 e. The minimum atomic E-state index is -5.08. The van der Waals surface area contributed by atoms with E-state index in [1.54, 1.807) is 0 Å². The van der Waals surface area contributed by atoms with Crippen LogP contribution in [-0.4, -0.2) is 61.5 Å². The van der Waals surface area contributed by atoms with E-state index in [1.807, 2.05) is 42.5 Å². The van der Waals surface area contributed by atoms with Gasteiger partial charge in [0.2, 0.25) is 0 Å². The van der Waals surface area contributed by atoms with Gasteiger partial charge in [-0.25, -0.2) is 4.79 Å². The Kier molecular flexibility index (Phi) is 8.74. The zero-order valence-electron chi connectivity index (χ0n) is 19.6. The van der Waals surface area contributed by atoms with Crippen molar-refractivity contribution in [2.24, 2.45) is 0 Å². The number of aliphatic carboxylic acids is 1. The van der Waals surface area contributed by atoms with Crippen LogP contribution in [0.4, 0.5) is 24.5 Å². The summed E-state index contributed by atoms with van der Waals surface area (Å²) in [6.45, 7) is 5.83. The SMILES string of the molecule is CC1CCC[N+]1(c1ccc(NC(=O)COc2ccccc2)cc1)C1CCNC1.O=C(O)C(F)(F)F. The van der Waals surface area contributed by atoms with E-state index < -0.39 is 12.1 Å². The molecular formula is C25H31F3N3O4+. The number of rotatable bonds is 6. The molecule has 0 aromatic heterocycles. The van der Waals surface area contributed by atoms with Crippen molar-refractivity contribution in [2.45, 2.75) is 44.4 Å². The number of quaternary nitrogens is 1. The first-order chi connectivity index (χ1) is 16.6. The van der Waals surface area contributed by atoms with Gasteiger partial charge in [-0.3, -0.25) is 9.28 Å². The Labute approximate surface area is 202 Å². The number of alkyl halides is 3. The molecule has 2 aromatic rings. The number of amides is 1. The second-order valence-corrected chi connectivity index (χ2v) is 8.79. The number of halogens is 3. The predicted molar refractivity (Wildman–Crippen MR) is 127 cm³/mol. The normalized spacial score (nSPS) is 23.8. The molecule has 35 heavy (non-hydrogen) atoms. The zero-order chi connectivity index (χ0) is 25.5. The highest BCUT2D eigenvalue weighted by Crippen LogP contribution is 2.39. The molecule has 2 aliphatic rings. The fourth-order valence-corrected chi connectivity index (χ4v) is 4.95. The molecule has 2 saturated heterocycles. The lowest BCUT2D eigenvalue weighted by Crippen LogP contribution is -2.59. The fraction of sp³-hybridized carbons (Fsp3) is 0.440. The molecule has 190 valence electrons. The van der Waals surface area contributed by atoms with Crippen molar-refractivity contribution in [3.63, 3.8) is 0 Å². The summed E-state index contributed by atoms with van der Waals surface area (Å²) in [4.78, 5) is 21.1. The second kappa shape index (κ2) is 11.5. The van der Waals surface area contributed by atoms with Gasteiger partial charge < -0.3 is 20.5 Å². The van der Waals surface area contributed by atoms with Gasteiger partial charge >= 0.3 is 12.1 Å². The van der Waals surface area contributed by atoms with Crippen LogP contribution in [-0.2, 0) is 9.59 Å². The number of carboxylic acids is 1. The van der Waals surface area contributed by atoms with Crippen molar-refractivity contribution in [3.8, 4) is 5.75 Å². The number of ether oxygens (including phenoxy) is 1. The highest BCUT2D eigenvalue weighted by molar-refractivity contribution is 5.92. The summed E-state index contributed by atoms with van der Waals surface area (Å²) in [5.41, 5.74) is 2.19. The Morgan fingerprint density at radius 1 is 1.11 bits per heavy atom. The van der Waals surface area contributed by atoms with Gasteiger partial charge in [0.15, 0.2) is 6.61 Å². The van der Waals surface area contributed by atoms with Crippen molar-refractivity contribution in [3.05, 3.63) is 54.6 Å². The third-order valence-electron chi connectivity index (χ3n) is 6.61. The van der Waals surface area contributed by atoms with Crippen LogP contribution in [0.2, 0.25) is 0 Å². The quantitative estimate of drug-likeness (QED) is 0.525. The Balaban J connectivity index is 0.000000429. The molecule has 10 heteroatoms. The molecule has 3 N–H and O–H groups in total. The Bertz CT molecular complexity index is 980. The lowest BCUT2D eigenvalue weighted by Gasteiger charge is -2.43. The van der Waals surface area contributed by atoms with E-state index >= 15 is 0 Å². The van der Waals surface area contributed by atoms with Crippen molar-refractivity contribution < 1.29 is 32.6 Å². The average molecular weight is 495 g/mol. The van der Waals surface area contributed by atoms with Crippen LogP contribution < -0.4 is 19.9 Å². The smallest absolute Gasteiger partial charge is 0.484 e. The lowest BCUT2D eigenvalue weighted by molar-refractivity contribution is -0.192. The largest absolute Gasteiger partial charge is 0.490 e. The number of likely N-dealkylation sites (tertiary alicyclic amines) is 1. The Morgan fingerprint density at radius 2 is 1.77 bits per heavy atom. The third-order valence-corrected chi connectivity index (χ3v) is 6.61. The highest BCUT2D eigenvalue weighted by atomic mass is 19.4. The molecule has 3 unspecified atom stereocenters. The van der Waals surface area contributed by atoms with Gasteiger partial charge in [0, 0.05) is 50.2 Å². The molecule has 0 aliphatic carbocycles. The molecule has 3 atom stereocenters. The van der Waals surface area contributed by atoms with Crippen LogP contribution in [0.3, 0.4) is 0 Å². The average Bonchev–Trinajstić information content (AvgIpc) is 3.49. The van der Waals surface area contributed by atoms with E-state index in [2.05, 4.69) is 29.7 Å². The fourth-order valence-electron chi connectivity index (χ4n) is 4.95. The Hall–Kier alpha value is -3.11. The van der Waals surface area contributed by atoms with Gasteiger partial charge in [0.1, 0.15) is 17.5 Å². The molecule has 2 aromatic carbocycles. The molecule has 4 rings (SSSR count). The van der Waals surface area contributed by atoms with Crippen molar-refractivity contribution >= 4 is 23.3 Å². The van der Waals surface area contributed by atoms with Gasteiger partial charge in [0.25, 0.3) is 5.91 Å². The molecule has 7 nitrogen and oxygen atoms in total. The number of anilines is 1. The van der Waals surface area contributed by atoms with Gasteiger partial charge in [-0.2, -0.15) is 13.2 Å². The second-order valence-electron chi connectivity index (χ2n) is 8.79. The van der Waals surface area contributed by atoms with E-state index in [0.717, 1.165) is 23.3 Å². The number of carbonyl (C=O) groups excluding carboxylic acids is 1. The summed E-state index contributed by atoms with van der Waals surface area (Å²) in [7, 11) is 0. The molecule has 0 saturated carbocycles. The maximum absolute atomic E-state index is 12.2. The molecule has 1 amide bonds. The van der Waals surface area contributed by atoms with E-state index in [9.17, 15) is 18.0 Å². The van der Waals surface area contributed by atoms with Gasteiger partial charge in [-0.15, -0.1) is 0 Å².